The van der Waals surface area contributed by atoms with Gasteiger partial charge in [-0.15, -0.1) is 0 Å². The highest BCUT2D eigenvalue weighted by molar-refractivity contribution is 5.94. The van der Waals surface area contributed by atoms with Crippen molar-refractivity contribution in [1.29, 1.82) is 0 Å². The number of hydrogen-bond acceptors (Lipinski definition) is 5. The van der Waals surface area contributed by atoms with E-state index in [2.05, 4.69) is 31.4 Å². The highest BCUT2D eigenvalue weighted by atomic mass is 16.7. The summed E-state index contributed by atoms with van der Waals surface area (Å²) >= 11 is 0. The first-order valence-electron chi connectivity index (χ1n) is 10.3. The lowest BCUT2D eigenvalue weighted by atomic mass is 9.87. The quantitative estimate of drug-likeness (QED) is 0.377. The van der Waals surface area contributed by atoms with E-state index >= 15 is 0 Å². The van der Waals surface area contributed by atoms with Crippen LogP contribution in [0.3, 0.4) is 0 Å². The molecule has 0 saturated carbocycles. The van der Waals surface area contributed by atoms with Gasteiger partial charge in [0.1, 0.15) is 5.75 Å². The molecule has 2 aromatic rings. The molecule has 166 valence electrons. The van der Waals surface area contributed by atoms with Crippen LogP contribution in [0, 0.1) is 0 Å². The minimum absolute atomic E-state index is 0.0431. The minimum Gasteiger partial charge on any atom is -0.434 e. The predicted molar refractivity (Wildman–Crippen MR) is 119 cm³/mol. The average Bonchev–Trinajstić information content (AvgIpc) is 2.73. The van der Waals surface area contributed by atoms with Crippen molar-refractivity contribution >= 4 is 18.0 Å². The number of hydrogen-bond donors (Lipinski definition) is 2. The summed E-state index contributed by atoms with van der Waals surface area (Å²) in [5.74, 6) is -0.0796. The molecule has 0 fully saturated rings. The third-order valence-electron chi connectivity index (χ3n) is 4.52. The van der Waals surface area contributed by atoms with Gasteiger partial charge in [-0.2, -0.15) is 0 Å². The number of ether oxygens (including phenoxy) is 2. The van der Waals surface area contributed by atoms with Gasteiger partial charge in [-0.05, 0) is 60.7 Å². The topological polar surface area (TPSA) is 93.7 Å². The van der Waals surface area contributed by atoms with E-state index in [-0.39, 0.29) is 23.8 Å². The van der Waals surface area contributed by atoms with Crippen molar-refractivity contribution in [2.45, 2.75) is 39.5 Å². The summed E-state index contributed by atoms with van der Waals surface area (Å²) in [5.41, 5.74) is 2.27. The molecule has 0 aliphatic rings. The minimum atomic E-state index is -0.785. The monoisotopic (exact) mass is 426 g/mol. The Kier molecular flexibility index (Phi) is 8.61. The molecule has 0 saturated heterocycles. The Morgan fingerprint density at radius 3 is 1.74 bits per heavy atom. The van der Waals surface area contributed by atoms with Crippen molar-refractivity contribution in [3.8, 4) is 5.75 Å². The molecule has 0 aromatic heterocycles. The molecular weight excluding hydrogens is 396 g/mol. The van der Waals surface area contributed by atoms with Gasteiger partial charge in [0.2, 0.25) is 0 Å². The molecule has 2 rings (SSSR count). The lowest BCUT2D eigenvalue weighted by Gasteiger charge is -2.19. The van der Waals surface area contributed by atoms with Gasteiger partial charge >= 0.3 is 6.16 Å². The van der Waals surface area contributed by atoms with Crippen LogP contribution in [0.4, 0.5) is 4.79 Å². The molecule has 0 radical (unpaired) electrons. The Bertz CT molecular complexity index is 884. The van der Waals surface area contributed by atoms with Crippen molar-refractivity contribution in [3.63, 3.8) is 0 Å². The molecule has 0 bridgehead atoms. The lowest BCUT2D eigenvalue weighted by molar-refractivity contribution is 0.0950. The molecule has 31 heavy (non-hydrogen) atoms. The number of amides is 2. The first-order valence-corrected chi connectivity index (χ1v) is 10.3. The molecule has 0 spiro atoms. The smallest absolute Gasteiger partial charge is 0.434 e. The van der Waals surface area contributed by atoms with E-state index < -0.39 is 6.16 Å². The molecule has 0 unspecified atom stereocenters. The fourth-order valence-corrected chi connectivity index (χ4v) is 2.74. The first kappa shape index (κ1) is 23.9. The standard InChI is InChI=1S/C24H30N2O5/c1-5-30-23(29)31-20-13-9-18(10-14-20)22(28)26-16-6-15-25-21(27)17-7-11-19(12-8-17)24(2,3)4/h7-14H,5-6,15-16H2,1-4H3,(H,25,27)(H,26,28). The van der Waals surface area contributed by atoms with E-state index in [0.29, 0.717) is 36.4 Å². The summed E-state index contributed by atoms with van der Waals surface area (Å²) in [6, 6.07) is 13.8. The number of benzene rings is 2. The molecule has 0 atom stereocenters. The number of rotatable bonds is 8. The van der Waals surface area contributed by atoms with Crippen molar-refractivity contribution in [2.24, 2.45) is 0 Å². The molecule has 7 heteroatoms. The predicted octanol–water partition coefficient (Wildman–Crippen LogP) is 4.07. The fourth-order valence-electron chi connectivity index (χ4n) is 2.74. The van der Waals surface area contributed by atoms with Crippen molar-refractivity contribution in [2.75, 3.05) is 19.7 Å². The maximum Gasteiger partial charge on any atom is 0.513 e. The van der Waals surface area contributed by atoms with Gasteiger partial charge in [0.05, 0.1) is 6.61 Å². The Balaban J connectivity index is 1.70. The van der Waals surface area contributed by atoms with Crippen LogP contribution in [0.25, 0.3) is 0 Å². The molecule has 7 nitrogen and oxygen atoms in total. The van der Waals surface area contributed by atoms with Crippen LogP contribution in [-0.2, 0) is 10.2 Å². The summed E-state index contributed by atoms with van der Waals surface area (Å²) in [6.07, 6.45) is -0.186. The van der Waals surface area contributed by atoms with Crippen LogP contribution in [-0.4, -0.2) is 37.7 Å². The first-order chi connectivity index (χ1) is 14.7. The normalized spacial score (nSPS) is 10.8. The van der Waals surface area contributed by atoms with Crippen molar-refractivity contribution in [1.82, 2.24) is 10.6 Å². The largest absolute Gasteiger partial charge is 0.513 e. The Morgan fingerprint density at radius 1 is 0.806 bits per heavy atom. The summed E-state index contributed by atoms with van der Waals surface area (Å²) in [5, 5.41) is 5.65. The van der Waals surface area contributed by atoms with Crippen molar-refractivity contribution in [3.05, 3.63) is 65.2 Å². The van der Waals surface area contributed by atoms with Crippen LogP contribution in [0.15, 0.2) is 48.5 Å². The molecule has 2 N–H and O–H groups in total. The van der Waals surface area contributed by atoms with Gasteiger partial charge < -0.3 is 20.1 Å². The molecular formula is C24H30N2O5. The van der Waals surface area contributed by atoms with Gasteiger partial charge in [0.25, 0.3) is 11.8 Å². The molecule has 0 heterocycles. The van der Waals surface area contributed by atoms with E-state index in [1.807, 2.05) is 24.3 Å². The maximum absolute atomic E-state index is 12.2. The average molecular weight is 427 g/mol. The maximum atomic E-state index is 12.2. The van der Waals surface area contributed by atoms with Gasteiger partial charge in [-0.3, -0.25) is 9.59 Å². The number of carbonyl (C=O) groups is 3. The van der Waals surface area contributed by atoms with Gasteiger partial charge in [-0.1, -0.05) is 32.9 Å². The van der Waals surface area contributed by atoms with Crippen LogP contribution in [0.5, 0.6) is 5.75 Å². The zero-order chi connectivity index (χ0) is 22.9. The van der Waals surface area contributed by atoms with E-state index in [1.54, 1.807) is 19.1 Å². The van der Waals surface area contributed by atoms with Gasteiger partial charge in [0, 0.05) is 24.2 Å². The highest BCUT2D eigenvalue weighted by Gasteiger charge is 2.14. The van der Waals surface area contributed by atoms with E-state index in [1.165, 1.54) is 17.7 Å². The second-order valence-corrected chi connectivity index (χ2v) is 8.00. The van der Waals surface area contributed by atoms with Crippen LogP contribution in [0.2, 0.25) is 0 Å². The van der Waals surface area contributed by atoms with Crippen LogP contribution < -0.4 is 15.4 Å². The van der Waals surface area contributed by atoms with Crippen molar-refractivity contribution < 1.29 is 23.9 Å². The molecule has 2 aromatic carbocycles. The highest BCUT2D eigenvalue weighted by Crippen LogP contribution is 2.22. The van der Waals surface area contributed by atoms with E-state index in [4.69, 9.17) is 9.47 Å². The second kappa shape index (κ2) is 11.2. The zero-order valence-electron chi connectivity index (χ0n) is 18.5. The molecule has 0 aliphatic carbocycles. The summed E-state index contributed by atoms with van der Waals surface area (Å²) in [7, 11) is 0. The Hall–Kier alpha value is -3.35. The molecule has 2 amide bonds. The number of nitrogens with one attached hydrogen (secondary N) is 2. The van der Waals surface area contributed by atoms with Crippen LogP contribution >= 0.6 is 0 Å². The van der Waals surface area contributed by atoms with Crippen LogP contribution in [0.1, 0.15) is 60.4 Å². The fraction of sp³-hybridized carbons (Fsp3) is 0.375. The summed E-state index contributed by atoms with van der Waals surface area (Å²) in [6.45, 7) is 9.16. The van der Waals surface area contributed by atoms with Gasteiger partial charge in [0.15, 0.2) is 0 Å². The SMILES string of the molecule is CCOC(=O)Oc1ccc(C(=O)NCCCNC(=O)c2ccc(C(C)(C)C)cc2)cc1. The van der Waals surface area contributed by atoms with E-state index in [9.17, 15) is 14.4 Å². The lowest BCUT2D eigenvalue weighted by Crippen LogP contribution is -2.30. The Morgan fingerprint density at radius 2 is 1.29 bits per heavy atom. The second-order valence-electron chi connectivity index (χ2n) is 8.00. The summed E-state index contributed by atoms with van der Waals surface area (Å²) in [4.78, 5) is 35.7. The third kappa shape index (κ3) is 7.77. The zero-order valence-corrected chi connectivity index (χ0v) is 18.5. The van der Waals surface area contributed by atoms with Gasteiger partial charge in [-0.25, -0.2) is 4.79 Å². The summed E-state index contributed by atoms with van der Waals surface area (Å²) < 4.78 is 9.64. The third-order valence-corrected chi connectivity index (χ3v) is 4.52. The Labute approximate surface area is 183 Å². The number of carbonyl (C=O) groups excluding carboxylic acids is 3. The molecule has 0 aliphatic heterocycles. The van der Waals surface area contributed by atoms with E-state index in [0.717, 1.165) is 0 Å².